The van der Waals surface area contributed by atoms with Crippen LogP contribution in [0.15, 0.2) is 42.5 Å². The highest BCUT2D eigenvalue weighted by atomic mass is 32.2. The molecule has 0 bridgehead atoms. The Morgan fingerprint density at radius 3 is 2.44 bits per heavy atom. The lowest BCUT2D eigenvalue weighted by Crippen LogP contribution is -2.47. The topological polar surface area (TPSA) is 63.7 Å². The van der Waals surface area contributed by atoms with E-state index in [1.54, 1.807) is 18.9 Å². The summed E-state index contributed by atoms with van der Waals surface area (Å²) in [5.41, 5.74) is 0. The van der Waals surface area contributed by atoms with Crippen LogP contribution in [-0.2, 0) is 14.6 Å². The second kappa shape index (κ2) is 7.04. The lowest BCUT2D eigenvalue weighted by molar-refractivity contribution is -0.138. The van der Waals surface area contributed by atoms with E-state index in [1.165, 1.54) is 0 Å². The van der Waals surface area contributed by atoms with Crippen LogP contribution in [0.5, 0.6) is 5.75 Å². The molecular weight excluding hydrogens is 338 g/mol. The van der Waals surface area contributed by atoms with Crippen LogP contribution in [0, 0.1) is 0 Å². The fraction of sp³-hybridized carbons (Fsp3) is 0.421. The van der Waals surface area contributed by atoms with Crippen molar-refractivity contribution < 1.29 is 17.9 Å². The molecule has 1 aliphatic heterocycles. The first-order valence-corrected chi connectivity index (χ1v) is 10.3. The van der Waals surface area contributed by atoms with E-state index in [9.17, 15) is 13.2 Å². The summed E-state index contributed by atoms with van der Waals surface area (Å²) in [7, 11) is -1.21. The van der Waals surface area contributed by atoms with E-state index in [4.69, 9.17) is 4.74 Å². The van der Waals surface area contributed by atoms with E-state index in [1.807, 2.05) is 42.5 Å². The fourth-order valence-corrected chi connectivity index (χ4v) is 4.69. The summed E-state index contributed by atoms with van der Waals surface area (Å²) in [4.78, 5) is 14.3. The lowest BCUT2D eigenvalue weighted by Gasteiger charge is -2.32. The molecule has 0 radical (unpaired) electrons. The number of benzene rings is 2. The number of likely N-dealkylation sites (N-methyl/N-ethyl adjacent to an activating group) is 1. The molecular formula is C19H23NO4S. The van der Waals surface area contributed by atoms with Gasteiger partial charge in [-0.1, -0.05) is 30.3 Å². The van der Waals surface area contributed by atoms with Gasteiger partial charge in [-0.05, 0) is 42.7 Å². The largest absolute Gasteiger partial charge is 0.481 e. The molecule has 0 spiro atoms. The van der Waals surface area contributed by atoms with Crippen LogP contribution in [0.1, 0.15) is 19.8 Å². The number of hydrogen-bond acceptors (Lipinski definition) is 4. The van der Waals surface area contributed by atoms with Crippen molar-refractivity contribution in [3.63, 3.8) is 0 Å². The monoisotopic (exact) mass is 361 g/mol. The third-order valence-electron chi connectivity index (χ3n) is 4.80. The van der Waals surface area contributed by atoms with Crippen molar-refractivity contribution in [2.75, 3.05) is 18.6 Å². The smallest absolute Gasteiger partial charge is 0.263 e. The standard InChI is InChI=1S/C19H23NO4S/c1-14(19(21)20(2)17-9-11-25(22,23)12-10-17)24-18-8-7-15-5-3-4-6-16(15)13-18/h3-8,13-14,17H,9-12H2,1-2H3/t14-/m0/s1. The van der Waals surface area contributed by atoms with Gasteiger partial charge in [0.15, 0.2) is 6.10 Å². The van der Waals surface area contributed by atoms with Gasteiger partial charge in [-0.2, -0.15) is 0 Å². The molecule has 1 heterocycles. The zero-order valence-electron chi connectivity index (χ0n) is 14.5. The normalized spacial score (nSPS) is 18.6. The highest BCUT2D eigenvalue weighted by molar-refractivity contribution is 7.91. The molecule has 6 heteroatoms. The van der Waals surface area contributed by atoms with Gasteiger partial charge >= 0.3 is 0 Å². The van der Waals surface area contributed by atoms with Crippen molar-refractivity contribution >= 4 is 26.5 Å². The first-order chi connectivity index (χ1) is 11.9. The molecule has 1 fully saturated rings. The second-order valence-electron chi connectivity index (χ2n) is 6.60. The number of amides is 1. The minimum Gasteiger partial charge on any atom is -0.481 e. The molecule has 25 heavy (non-hydrogen) atoms. The highest BCUT2D eigenvalue weighted by Crippen LogP contribution is 2.23. The molecule has 1 aliphatic rings. The highest BCUT2D eigenvalue weighted by Gasteiger charge is 2.30. The van der Waals surface area contributed by atoms with Gasteiger partial charge in [0.2, 0.25) is 0 Å². The van der Waals surface area contributed by atoms with Crippen molar-refractivity contribution in [3.8, 4) is 5.75 Å². The van der Waals surface area contributed by atoms with E-state index in [-0.39, 0.29) is 23.5 Å². The van der Waals surface area contributed by atoms with E-state index in [0.717, 1.165) is 10.8 Å². The van der Waals surface area contributed by atoms with Gasteiger partial charge < -0.3 is 9.64 Å². The molecule has 5 nitrogen and oxygen atoms in total. The van der Waals surface area contributed by atoms with Crippen LogP contribution in [0.3, 0.4) is 0 Å². The Kier molecular flexibility index (Phi) is 4.99. The van der Waals surface area contributed by atoms with Crippen LogP contribution in [-0.4, -0.2) is 49.9 Å². The third kappa shape index (κ3) is 4.12. The molecule has 1 amide bonds. The minimum absolute atomic E-state index is 0.0429. The Hall–Kier alpha value is -2.08. The molecule has 0 saturated carbocycles. The summed E-state index contributed by atoms with van der Waals surface area (Å²) in [6.07, 6.45) is 0.366. The number of sulfone groups is 1. The Morgan fingerprint density at radius 1 is 1.12 bits per heavy atom. The predicted molar refractivity (Wildman–Crippen MR) is 98.5 cm³/mol. The Morgan fingerprint density at radius 2 is 1.76 bits per heavy atom. The summed E-state index contributed by atoms with van der Waals surface area (Å²) in [5, 5.41) is 2.18. The average molecular weight is 361 g/mol. The van der Waals surface area contributed by atoms with E-state index >= 15 is 0 Å². The second-order valence-corrected chi connectivity index (χ2v) is 8.90. The average Bonchev–Trinajstić information content (AvgIpc) is 2.60. The zero-order valence-corrected chi connectivity index (χ0v) is 15.3. The summed E-state index contributed by atoms with van der Waals surface area (Å²) < 4.78 is 28.9. The summed E-state index contributed by atoms with van der Waals surface area (Å²) in [6, 6.07) is 13.7. The summed E-state index contributed by atoms with van der Waals surface area (Å²) in [5.74, 6) is 0.821. The number of hydrogen-bond donors (Lipinski definition) is 0. The summed E-state index contributed by atoms with van der Waals surface area (Å²) >= 11 is 0. The maximum absolute atomic E-state index is 12.6. The van der Waals surface area contributed by atoms with Gasteiger partial charge in [0, 0.05) is 13.1 Å². The predicted octanol–water partition coefficient (Wildman–Crippen LogP) is 2.64. The maximum atomic E-state index is 12.6. The van der Waals surface area contributed by atoms with Gasteiger partial charge in [0.05, 0.1) is 11.5 Å². The molecule has 1 atom stereocenters. The van der Waals surface area contributed by atoms with Crippen molar-refractivity contribution in [1.29, 1.82) is 0 Å². The van der Waals surface area contributed by atoms with Crippen LogP contribution in [0.25, 0.3) is 10.8 Å². The van der Waals surface area contributed by atoms with Gasteiger partial charge in [-0.25, -0.2) is 8.42 Å². The van der Waals surface area contributed by atoms with E-state index < -0.39 is 15.9 Å². The maximum Gasteiger partial charge on any atom is 0.263 e. The number of nitrogens with zero attached hydrogens (tertiary/aromatic N) is 1. The summed E-state index contributed by atoms with van der Waals surface area (Å²) in [6.45, 7) is 1.73. The van der Waals surface area contributed by atoms with Crippen LogP contribution >= 0.6 is 0 Å². The molecule has 0 aromatic heterocycles. The molecule has 0 unspecified atom stereocenters. The third-order valence-corrected chi connectivity index (χ3v) is 6.52. The molecule has 1 saturated heterocycles. The minimum atomic E-state index is -2.93. The Labute approximate surface area is 148 Å². The van der Waals surface area contributed by atoms with Crippen molar-refractivity contribution in [2.45, 2.75) is 31.9 Å². The van der Waals surface area contributed by atoms with E-state index in [2.05, 4.69) is 0 Å². The number of carbonyl (C=O) groups is 1. The first kappa shape index (κ1) is 17.7. The van der Waals surface area contributed by atoms with Gasteiger partial charge in [0.25, 0.3) is 5.91 Å². The first-order valence-electron chi connectivity index (χ1n) is 8.48. The molecule has 2 aromatic rings. The van der Waals surface area contributed by atoms with Crippen LogP contribution in [0.2, 0.25) is 0 Å². The van der Waals surface area contributed by atoms with Gasteiger partial charge in [-0.3, -0.25) is 4.79 Å². The SMILES string of the molecule is C[C@H](Oc1ccc2ccccc2c1)C(=O)N(C)C1CCS(=O)(=O)CC1. The molecule has 2 aromatic carbocycles. The van der Waals surface area contributed by atoms with E-state index in [0.29, 0.717) is 18.6 Å². The molecule has 0 N–H and O–H groups in total. The Balaban J connectivity index is 1.65. The molecule has 134 valence electrons. The van der Waals surface area contributed by atoms with Crippen LogP contribution < -0.4 is 4.74 Å². The Bertz CT molecular complexity index is 864. The van der Waals surface area contributed by atoms with Crippen molar-refractivity contribution in [1.82, 2.24) is 4.90 Å². The van der Waals surface area contributed by atoms with Gasteiger partial charge in [-0.15, -0.1) is 0 Å². The fourth-order valence-electron chi connectivity index (χ4n) is 3.23. The van der Waals surface area contributed by atoms with Crippen LogP contribution in [0.4, 0.5) is 0 Å². The lowest BCUT2D eigenvalue weighted by atomic mass is 10.1. The molecule has 3 rings (SSSR count). The number of carbonyl (C=O) groups excluding carboxylic acids is 1. The quantitative estimate of drug-likeness (QED) is 0.840. The number of rotatable bonds is 4. The molecule has 0 aliphatic carbocycles. The number of ether oxygens (including phenoxy) is 1. The van der Waals surface area contributed by atoms with Crippen molar-refractivity contribution in [2.24, 2.45) is 0 Å². The zero-order chi connectivity index (χ0) is 18.0. The van der Waals surface area contributed by atoms with Crippen molar-refractivity contribution in [3.05, 3.63) is 42.5 Å². The van der Waals surface area contributed by atoms with Gasteiger partial charge in [0.1, 0.15) is 15.6 Å². The number of fused-ring (bicyclic) bond motifs is 1.